The number of halogens is 1. The predicted molar refractivity (Wildman–Crippen MR) is 132 cm³/mol. The maximum atomic E-state index is 13.2. The van der Waals surface area contributed by atoms with Crippen molar-refractivity contribution < 1.29 is 18.0 Å². The highest BCUT2D eigenvalue weighted by Gasteiger charge is 2.33. The Morgan fingerprint density at radius 2 is 1.82 bits per heavy atom. The first-order valence-electron chi connectivity index (χ1n) is 10.7. The summed E-state index contributed by atoms with van der Waals surface area (Å²) in [6.07, 6.45) is 2.49. The molecule has 0 aliphatic carbocycles. The largest absolute Gasteiger partial charge is 0.351 e. The van der Waals surface area contributed by atoms with Gasteiger partial charge in [0, 0.05) is 66.0 Å². The van der Waals surface area contributed by atoms with E-state index in [-0.39, 0.29) is 29.1 Å². The second-order valence-electron chi connectivity index (χ2n) is 8.28. The van der Waals surface area contributed by atoms with Crippen molar-refractivity contribution in [3.63, 3.8) is 0 Å². The molecule has 5 rings (SSSR count). The van der Waals surface area contributed by atoms with E-state index in [1.54, 1.807) is 34.2 Å². The molecule has 3 aromatic rings. The molecule has 180 valence electrons. The molecular weight excluding hydrogens is 518 g/mol. The molecule has 2 aromatic heterocycles. The lowest BCUT2D eigenvalue weighted by Crippen LogP contribution is -2.50. The number of rotatable bonds is 4. The fourth-order valence-electron chi connectivity index (χ4n) is 4.27. The molecule has 34 heavy (non-hydrogen) atoms. The molecule has 0 radical (unpaired) electrons. The number of likely N-dealkylation sites (tertiary alicyclic amines) is 1. The number of aromatic nitrogens is 1. The van der Waals surface area contributed by atoms with Crippen LogP contribution in [0.25, 0.3) is 10.1 Å². The summed E-state index contributed by atoms with van der Waals surface area (Å²) in [5, 5.41) is 1.78. The number of hydrogen-bond donors (Lipinski definition) is 1. The van der Waals surface area contributed by atoms with Crippen molar-refractivity contribution in [2.75, 3.05) is 39.3 Å². The number of thiazole rings is 1. The molecule has 9 nitrogen and oxygen atoms in total. The maximum absolute atomic E-state index is 13.2. The first-order chi connectivity index (χ1) is 16.2. The highest BCUT2D eigenvalue weighted by atomic mass is 35.5. The molecule has 3 amide bonds. The van der Waals surface area contributed by atoms with Crippen LogP contribution in [-0.2, 0) is 10.0 Å². The third kappa shape index (κ3) is 4.40. The average molecular weight is 540 g/mol. The molecular formula is C21H22ClN5O4S3. The zero-order valence-electron chi connectivity index (χ0n) is 18.0. The van der Waals surface area contributed by atoms with Gasteiger partial charge in [-0.25, -0.2) is 18.2 Å². The fourth-order valence-corrected chi connectivity index (χ4v) is 8.53. The Morgan fingerprint density at radius 1 is 1.06 bits per heavy atom. The third-order valence-electron chi connectivity index (χ3n) is 6.19. The number of urea groups is 1. The van der Waals surface area contributed by atoms with Crippen LogP contribution in [0, 0.1) is 0 Å². The van der Waals surface area contributed by atoms with Crippen molar-refractivity contribution >= 4 is 66.3 Å². The van der Waals surface area contributed by atoms with E-state index < -0.39 is 16.1 Å². The number of primary amides is 1. The standard InChI is InChI=1S/C21H22ClN5O4S3/c22-15-2-1-13-9-18(32-16(13)10-15)34(30,31)27-7-5-25(6-8-27)20(28)19-24-11-17(33-19)14-3-4-26(12-14)21(23)29/h1-2,9-11,14H,3-8,12H2,(H2,23,29). The quantitative estimate of drug-likeness (QED) is 0.547. The van der Waals surface area contributed by atoms with Crippen LogP contribution in [0.4, 0.5) is 4.79 Å². The molecule has 0 bridgehead atoms. The van der Waals surface area contributed by atoms with Crippen molar-refractivity contribution in [3.05, 3.63) is 45.4 Å². The van der Waals surface area contributed by atoms with E-state index >= 15 is 0 Å². The normalized spacial score (nSPS) is 19.7. The number of nitrogens with two attached hydrogens (primary N) is 1. The topological polar surface area (TPSA) is 117 Å². The summed E-state index contributed by atoms with van der Waals surface area (Å²) in [5.74, 6) is -0.0701. The Bertz CT molecular complexity index is 1360. The molecule has 0 saturated carbocycles. The Labute approximate surface area is 209 Å². The number of fused-ring (bicyclic) bond motifs is 1. The molecule has 0 spiro atoms. The number of nitrogens with zero attached hydrogens (tertiary/aromatic N) is 4. The minimum Gasteiger partial charge on any atom is -0.351 e. The second-order valence-corrected chi connectivity index (χ2v) is 13.0. The van der Waals surface area contributed by atoms with E-state index in [9.17, 15) is 18.0 Å². The van der Waals surface area contributed by atoms with E-state index in [0.717, 1.165) is 21.4 Å². The minimum absolute atomic E-state index is 0.129. The van der Waals surface area contributed by atoms with E-state index in [1.807, 2.05) is 6.07 Å². The van der Waals surface area contributed by atoms with E-state index in [2.05, 4.69) is 4.98 Å². The van der Waals surface area contributed by atoms with Gasteiger partial charge in [0.2, 0.25) is 0 Å². The Kier molecular flexibility index (Phi) is 6.27. The molecule has 13 heteroatoms. The Balaban J connectivity index is 1.23. The molecule has 1 aromatic carbocycles. The molecule has 2 fully saturated rings. The highest BCUT2D eigenvalue weighted by Crippen LogP contribution is 2.34. The highest BCUT2D eigenvalue weighted by molar-refractivity contribution is 7.91. The molecule has 2 aliphatic heterocycles. The number of carbonyl (C=O) groups excluding carboxylic acids is 2. The van der Waals surface area contributed by atoms with Crippen LogP contribution in [0.5, 0.6) is 0 Å². The van der Waals surface area contributed by atoms with E-state index in [1.165, 1.54) is 27.0 Å². The number of benzene rings is 1. The summed E-state index contributed by atoms with van der Waals surface area (Å²) in [6.45, 7) is 2.16. The number of piperazine rings is 1. The van der Waals surface area contributed by atoms with Crippen LogP contribution >= 0.6 is 34.3 Å². The first-order valence-corrected chi connectivity index (χ1v) is 14.2. The van der Waals surface area contributed by atoms with Gasteiger partial charge in [0.1, 0.15) is 4.21 Å². The van der Waals surface area contributed by atoms with Crippen LogP contribution in [0.3, 0.4) is 0 Å². The third-order valence-corrected chi connectivity index (χ3v) is 11.0. The van der Waals surface area contributed by atoms with Crippen molar-refractivity contribution in [2.45, 2.75) is 16.5 Å². The van der Waals surface area contributed by atoms with Crippen molar-refractivity contribution in [3.8, 4) is 0 Å². The summed E-state index contributed by atoms with van der Waals surface area (Å²) in [6, 6.07) is 6.54. The minimum atomic E-state index is -3.65. The maximum Gasteiger partial charge on any atom is 0.314 e. The monoisotopic (exact) mass is 539 g/mol. The summed E-state index contributed by atoms with van der Waals surface area (Å²) >= 11 is 8.56. The van der Waals surface area contributed by atoms with Gasteiger partial charge in [-0.1, -0.05) is 17.7 Å². The van der Waals surface area contributed by atoms with Crippen LogP contribution in [-0.4, -0.2) is 78.7 Å². The van der Waals surface area contributed by atoms with Crippen molar-refractivity contribution in [1.29, 1.82) is 0 Å². The Hall–Kier alpha value is -2.25. The van der Waals surface area contributed by atoms with Crippen LogP contribution in [0.1, 0.15) is 27.0 Å². The van der Waals surface area contributed by atoms with Crippen molar-refractivity contribution in [1.82, 2.24) is 19.1 Å². The summed E-state index contributed by atoms with van der Waals surface area (Å²) in [7, 11) is -3.65. The zero-order valence-corrected chi connectivity index (χ0v) is 21.2. The van der Waals surface area contributed by atoms with Gasteiger partial charge < -0.3 is 15.5 Å². The lowest BCUT2D eigenvalue weighted by atomic mass is 10.1. The number of carbonyl (C=O) groups is 2. The lowest BCUT2D eigenvalue weighted by molar-refractivity contribution is 0.0697. The Morgan fingerprint density at radius 3 is 2.53 bits per heavy atom. The smallest absolute Gasteiger partial charge is 0.314 e. The number of hydrogen-bond acceptors (Lipinski definition) is 7. The molecule has 1 unspecified atom stereocenters. The molecule has 4 heterocycles. The average Bonchev–Trinajstić information content (AvgIpc) is 3.57. The van der Waals surface area contributed by atoms with Gasteiger partial charge in [0.15, 0.2) is 5.01 Å². The lowest BCUT2D eigenvalue weighted by Gasteiger charge is -2.33. The van der Waals surface area contributed by atoms with Gasteiger partial charge in [-0.2, -0.15) is 4.31 Å². The molecule has 2 N–H and O–H groups in total. The first kappa shape index (κ1) is 23.5. The summed E-state index contributed by atoms with van der Waals surface area (Å²) < 4.78 is 28.8. The van der Waals surface area contributed by atoms with Crippen LogP contribution < -0.4 is 5.73 Å². The van der Waals surface area contributed by atoms with E-state index in [4.69, 9.17) is 17.3 Å². The van der Waals surface area contributed by atoms with E-state index in [0.29, 0.717) is 36.2 Å². The van der Waals surface area contributed by atoms with Gasteiger partial charge in [0.25, 0.3) is 15.9 Å². The van der Waals surface area contributed by atoms with Gasteiger partial charge in [-0.3, -0.25) is 4.79 Å². The van der Waals surface area contributed by atoms with Gasteiger partial charge >= 0.3 is 6.03 Å². The summed E-state index contributed by atoms with van der Waals surface area (Å²) in [5.41, 5.74) is 5.36. The second kappa shape index (κ2) is 9.08. The number of thiophene rings is 1. The van der Waals surface area contributed by atoms with Crippen LogP contribution in [0.15, 0.2) is 34.7 Å². The van der Waals surface area contributed by atoms with Gasteiger partial charge in [-0.05, 0) is 30.0 Å². The zero-order chi connectivity index (χ0) is 24.0. The van der Waals surface area contributed by atoms with Crippen molar-refractivity contribution in [2.24, 2.45) is 5.73 Å². The van der Waals surface area contributed by atoms with Gasteiger partial charge in [-0.15, -0.1) is 22.7 Å². The predicted octanol–water partition coefficient (Wildman–Crippen LogP) is 3.03. The van der Waals surface area contributed by atoms with Gasteiger partial charge in [0.05, 0.1) is 0 Å². The molecule has 2 aliphatic rings. The summed E-state index contributed by atoms with van der Waals surface area (Å²) in [4.78, 5) is 32.9. The number of sulfonamides is 1. The van der Waals surface area contributed by atoms with Crippen LogP contribution in [0.2, 0.25) is 5.02 Å². The number of amides is 3. The fraction of sp³-hybridized carbons (Fsp3) is 0.381. The SMILES string of the molecule is NC(=O)N1CCC(c2cnc(C(=O)N3CCN(S(=O)(=O)c4cc5ccc(Cl)cc5s4)CC3)s2)C1. The molecule has 1 atom stereocenters. The molecule has 2 saturated heterocycles.